The highest BCUT2D eigenvalue weighted by atomic mass is 79.9. The van der Waals surface area contributed by atoms with Gasteiger partial charge in [0.2, 0.25) is 5.91 Å². The molecule has 14 heavy (non-hydrogen) atoms. The first kappa shape index (κ1) is 11.7. The summed E-state index contributed by atoms with van der Waals surface area (Å²) in [5.41, 5.74) is 0.998. The van der Waals surface area contributed by atoms with Gasteiger partial charge < -0.3 is 5.32 Å². The van der Waals surface area contributed by atoms with Gasteiger partial charge in [0.05, 0.1) is 10.9 Å². The number of alkyl halides is 1. The van der Waals surface area contributed by atoms with Gasteiger partial charge in [0.15, 0.2) is 0 Å². The van der Waals surface area contributed by atoms with E-state index in [1.165, 1.54) is 0 Å². The molecule has 0 aliphatic carbocycles. The number of rotatable bonds is 3. The lowest BCUT2D eigenvalue weighted by atomic mass is 10.3. The molecule has 78 valence electrons. The molecule has 0 fully saturated rings. The fourth-order valence-corrected chi connectivity index (χ4v) is 1.90. The second-order valence-corrected chi connectivity index (χ2v) is 5.44. The van der Waals surface area contributed by atoms with E-state index >= 15 is 0 Å². The van der Waals surface area contributed by atoms with Crippen molar-refractivity contribution in [3.05, 3.63) is 16.1 Å². The van der Waals surface area contributed by atoms with Crippen LogP contribution in [0, 0.1) is 6.92 Å². The number of thiazole rings is 1. The van der Waals surface area contributed by atoms with Crippen LogP contribution in [0.15, 0.2) is 5.38 Å². The lowest BCUT2D eigenvalue weighted by molar-refractivity contribution is -0.120. The van der Waals surface area contributed by atoms with E-state index in [4.69, 9.17) is 0 Å². The van der Waals surface area contributed by atoms with Gasteiger partial charge in [-0.3, -0.25) is 4.79 Å². The summed E-state index contributed by atoms with van der Waals surface area (Å²) < 4.78 is 0. The van der Waals surface area contributed by atoms with Crippen LogP contribution in [0.2, 0.25) is 0 Å². The highest BCUT2D eigenvalue weighted by molar-refractivity contribution is 9.10. The Hall–Kier alpha value is -0.420. The standard InChI is InChI=1S/C9H13BrN2OS/c1-5-4-14-9(11-5)7(3)12-8(13)6(2)10/h4,6-7H,1-3H3,(H,12,13). The average molecular weight is 277 g/mol. The van der Waals surface area contributed by atoms with Gasteiger partial charge in [-0.25, -0.2) is 4.98 Å². The fourth-order valence-electron chi connectivity index (χ4n) is 0.961. The number of nitrogens with zero attached hydrogens (tertiary/aromatic N) is 1. The average Bonchev–Trinajstić information content (AvgIpc) is 2.51. The number of nitrogens with one attached hydrogen (secondary N) is 1. The summed E-state index contributed by atoms with van der Waals surface area (Å²) >= 11 is 4.79. The Balaban J connectivity index is 2.59. The summed E-state index contributed by atoms with van der Waals surface area (Å²) in [6.07, 6.45) is 0. The molecular formula is C9H13BrN2OS. The van der Waals surface area contributed by atoms with Gasteiger partial charge in [-0.05, 0) is 20.8 Å². The molecule has 1 amide bonds. The summed E-state index contributed by atoms with van der Waals surface area (Å²) in [6, 6.07) is -0.0128. The van der Waals surface area contributed by atoms with Gasteiger partial charge in [0.25, 0.3) is 0 Å². The molecule has 0 saturated carbocycles. The third kappa shape index (κ3) is 3.06. The van der Waals surface area contributed by atoms with E-state index in [1.807, 2.05) is 19.2 Å². The minimum atomic E-state index is -0.161. The predicted octanol–water partition coefficient (Wildman–Crippen LogP) is 2.41. The molecule has 1 aromatic heterocycles. The van der Waals surface area contributed by atoms with Crippen molar-refractivity contribution in [3.8, 4) is 0 Å². The van der Waals surface area contributed by atoms with Crippen molar-refractivity contribution in [3.63, 3.8) is 0 Å². The first-order chi connectivity index (χ1) is 6.50. The van der Waals surface area contributed by atoms with Crippen molar-refractivity contribution in [2.75, 3.05) is 0 Å². The van der Waals surface area contributed by atoms with E-state index in [0.29, 0.717) is 0 Å². The van der Waals surface area contributed by atoms with Gasteiger partial charge >= 0.3 is 0 Å². The van der Waals surface area contributed by atoms with Gasteiger partial charge in [0.1, 0.15) is 5.01 Å². The Morgan fingerprint density at radius 1 is 1.64 bits per heavy atom. The molecule has 1 heterocycles. The summed E-state index contributed by atoms with van der Waals surface area (Å²) in [7, 11) is 0. The maximum absolute atomic E-state index is 11.4. The Morgan fingerprint density at radius 3 is 2.71 bits per heavy atom. The quantitative estimate of drug-likeness (QED) is 0.862. The third-order valence-electron chi connectivity index (χ3n) is 1.73. The minimum Gasteiger partial charge on any atom is -0.346 e. The number of hydrogen-bond donors (Lipinski definition) is 1. The zero-order chi connectivity index (χ0) is 10.7. The lowest BCUT2D eigenvalue weighted by Crippen LogP contribution is -2.31. The zero-order valence-electron chi connectivity index (χ0n) is 8.37. The maximum atomic E-state index is 11.4. The van der Waals surface area contributed by atoms with Crippen molar-refractivity contribution in [2.45, 2.75) is 31.6 Å². The largest absolute Gasteiger partial charge is 0.346 e. The molecule has 0 aliphatic heterocycles. The molecule has 2 unspecified atom stereocenters. The van der Waals surface area contributed by atoms with E-state index in [-0.39, 0.29) is 16.8 Å². The zero-order valence-corrected chi connectivity index (χ0v) is 10.8. The van der Waals surface area contributed by atoms with Crippen LogP contribution in [0.25, 0.3) is 0 Å². The molecule has 1 aromatic rings. The van der Waals surface area contributed by atoms with E-state index in [0.717, 1.165) is 10.7 Å². The second-order valence-electron chi connectivity index (χ2n) is 3.17. The van der Waals surface area contributed by atoms with Crippen LogP contribution >= 0.6 is 27.3 Å². The number of halogens is 1. The Bertz CT molecular complexity index is 324. The first-order valence-corrected chi connectivity index (χ1v) is 6.16. The van der Waals surface area contributed by atoms with E-state index in [2.05, 4.69) is 26.2 Å². The van der Waals surface area contributed by atoms with Gasteiger partial charge in [-0.1, -0.05) is 15.9 Å². The van der Waals surface area contributed by atoms with Crippen LogP contribution in [-0.4, -0.2) is 15.7 Å². The van der Waals surface area contributed by atoms with Crippen LogP contribution < -0.4 is 5.32 Å². The van der Waals surface area contributed by atoms with Crippen molar-refractivity contribution < 1.29 is 4.79 Å². The van der Waals surface area contributed by atoms with Crippen molar-refractivity contribution in [2.24, 2.45) is 0 Å². The normalized spacial score (nSPS) is 14.9. The highest BCUT2D eigenvalue weighted by Crippen LogP contribution is 2.17. The molecule has 5 heteroatoms. The second kappa shape index (κ2) is 4.89. The Labute approximate surface area is 96.1 Å². The molecule has 0 saturated heterocycles. The molecule has 0 spiro atoms. The van der Waals surface area contributed by atoms with E-state index in [1.54, 1.807) is 18.3 Å². The molecule has 3 nitrogen and oxygen atoms in total. The smallest absolute Gasteiger partial charge is 0.234 e. The Kier molecular flexibility index (Phi) is 4.07. The highest BCUT2D eigenvalue weighted by Gasteiger charge is 2.15. The summed E-state index contributed by atoms with van der Waals surface area (Å²) in [6.45, 7) is 5.68. The molecule has 1 N–H and O–H groups in total. The van der Waals surface area contributed by atoms with Crippen LogP contribution in [0.3, 0.4) is 0 Å². The van der Waals surface area contributed by atoms with Gasteiger partial charge in [0, 0.05) is 11.1 Å². The molecule has 0 aromatic carbocycles. The van der Waals surface area contributed by atoms with Crippen molar-refractivity contribution >= 4 is 33.2 Å². The molecule has 2 atom stereocenters. The van der Waals surface area contributed by atoms with Crippen LogP contribution in [-0.2, 0) is 4.79 Å². The Morgan fingerprint density at radius 2 is 2.29 bits per heavy atom. The number of amides is 1. The van der Waals surface area contributed by atoms with Gasteiger partial charge in [-0.2, -0.15) is 0 Å². The molecule has 0 radical (unpaired) electrons. The van der Waals surface area contributed by atoms with Crippen LogP contribution in [0.4, 0.5) is 0 Å². The topological polar surface area (TPSA) is 42.0 Å². The SMILES string of the molecule is Cc1csc(C(C)NC(=O)C(C)Br)n1. The summed E-state index contributed by atoms with van der Waals surface area (Å²) in [5, 5.41) is 5.80. The molecule has 1 rings (SSSR count). The van der Waals surface area contributed by atoms with Crippen LogP contribution in [0.1, 0.15) is 30.6 Å². The summed E-state index contributed by atoms with van der Waals surface area (Å²) in [5.74, 6) is -0.00893. The molecule has 0 bridgehead atoms. The first-order valence-electron chi connectivity index (χ1n) is 4.37. The van der Waals surface area contributed by atoms with Crippen LogP contribution in [0.5, 0.6) is 0 Å². The van der Waals surface area contributed by atoms with Crippen molar-refractivity contribution in [1.82, 2.24) is 10.3 Å². The number of carbonyl (C=O) groups is 1. The summed E-state index contributed by atoms with van der Waals surface area (Å²) in [4.78, 5) is 15.5. The van der Waals surface area contributed by atoms with Crippen molar-refractivity contribution in [1.29, 1.82) is 0 Å². The maximum Gasteiger partial charge on any atom is 0.234 e. The number of aryl methyl sites for hydroxylation is 1. The number of aromatic nitrogens is 1. The monoisotopic (exact) mass is 276 g/mol. The fraction of sp³-hybridized carbons (Fsp3) is 0.556. The number of carbonyl (C=O) groups excluding carboxylic acids is 1. The molecule has 0 aliphatic rings. The third-order valence-corrected chi connectivity index (χ3v) is 3.29. The molecular weight excluding hydrogens is 264 g/mol. The predicted molar refractivity (Wildman–Crippen MR) is 61.8 cm³/mol. The lowest BCUT2D eigenvalue weighted by Gasteiger charge is -2.12. The van der Waals surface area contributed by atoms with E-state index in [9.17, 15) is 4.79 Å². The van der Waals surface area contributed by atoms with E-state index < -0.39 is 0 Å². The van der Waals surface area contributed by atoms with Gasteiger partial charge in [-0.15, -0.1) is 11.3 Å². The minimum absolute atomic E-state index is 0.00893. The number of hydrogen-bond acceptors (Lipinski definition) is 3.